The molecular formula is C22H31NO4. The Bertz CT molecular complexity index is 722. The summed E-state index contributed by atoms with van der Waals surface area (Å²) in [5.74, 6) is -0.00752. The Labute approximate surface area is 161 Å². The van der Waals surface area contributed by atoms with E-state index < -0.39 is 29.8 Å². The van der Waals surface area contributed by atoms with E-state index in [0.717, 1.165) is 19.3 Å². The number of allylic oxidation sites excluding steroid dienone is 5. The van der Waals surface area contributed by atoms with Crippen LogP contribution in [0, 0.1) is 29.1 Å². The summed E-state index contributed by atoms with van der Waals surface area (Å²) in [4.78, 5) is 26.7. The van der Waals surface area contributed by atoms with Crippen molar-refractivity contribution in [3.8, 4) is 0 Å². The average molecular weight is 373 g/mol. The van der Waals surface area contributed by atoms with Gasteiger partial charge in [-0.05, 0) is 37.5 Å². The second kappa shape index (κ2) is 7.27. The second-order valence-corrected chi connectivity index (χ2v) is 8.61. The monoisotopic (exact) mass is 373 g/mol. The van der Waals surface area contributed by atoms with Crippen LogP contribution in [-0.4, -0.2) is 46.5 Å². The zero-order chi connectivity index (χ0) is 19.9. The van der Waals surface area contributed by atoms with E-state index in [4.69, 9.17) is 0 Å². The van der Waals surface area contributed by atoms with Gasteiger partial charge in [-0.25, -0.2) is 0 Å². The fourth-order valence-electron chi connectivity index (χ4n) is 5.35. The summed E-state index contributed by atoms with van der Waals surface area (Å²) >= 11 is 0. The molecule has 0 aromatic heterocycles. The highest BCUT2D eigenvalue weighted by Gasteiger charge is 2.53. The molecule has 0 aromatic carbocycles. The number of likely N-dealkylation sites (tertiary alicyclic amines) is 1. The number of amides is 1. The number of hydrogen-bond donors (Lipinski definition) is 2. The summed E-state index contributed by atoms with van der Waals surface area (Å²) in [5, 5.41) is 20.9. The van der Waals surface area contributed by atoms with Gasteiger partial charge in [0.15, 0.2) is 5.78 Å². The van der Waals surface area contributed by atoms with E-state index in [0.29, 0.717) is 11.8 Å². The Morgan fingerprint density at radius 3 is 2.63 bits per heavy atom. The Hall–Kier alpha value is -1.88. The fourth-order valence-corrected chi connectivity index (χ4v) is 5.35. The van der Waals surface area contributed by atoms with E-state index in [9.17, 15) is 19.8 Å². The quantitative estimate of drug-likeness (QED) is 0.345. The van der Waals surface area contributed by atoms with Crippen molar-refractivity contribution in [3.63, 3.8) is 0 Å². The van der Waals surface area contributed by atoms with Gasteiger partial charge in [-0.2, -0.15) is 0 Å². The number of aliphatic hydroxyl groups is 2. The molecule has 27 heavy (non-hydrogen) atoms. The van der Waals surface area contributed by atoms with Gasteiger partial charge < -0.3 is 15.1 Å². The summed E-state index contributed by atoms with van der Waals surface area (Å²) < 4.78 is 0. The standard InChI is InChI=1S/C22H31NO4/c1-5-6-15-9-8-14-11-13(2)7-10-16(14)22(15,3)20(26)18-19(25)17(12-24)23(4)21(18)27/h5-6,8-9,13-17,24,26H,7,10-12H2,1-4H3/b6-5+,20-18+/t13-,14-,15-,16-,17+,22-/m1/s1. The van der Waals surface area contributed by atoms with Crippen LogP contribution in [0.3, 0.4) is 0 Å². The summed E-state index contributed by atoms with van der Waals surface area (Å²) in [6.45, 7) is 5.75. The molecule has 1 saturated carbocycles. The molecule has 0 radical (unpaired) electrons. The zero-order valence-electron chi connectivity index (χ0n) is 16.7. The molecule has 2 fully saturated rings. The smallest absolute Gasteiger partial charge is 0.261 e. The second-order valence-electron chi connectivity index (χ2n) is 8.61. The molecule has 1 heterocycles. The van der Waals surface area contributed by atoms with Crippen molar-refractivity contribution < 1.29 is 19.8 Å². The molecule has 5 heteroatoms. The van der Waals surface area contributed by atoms with Gasteiger partial charge in [0.2, 0.25) is 0 Å². The van der Waals surface area contributed by atoms with Crippen LogP contribution in [0.15, 0.2) is 35.6 Å². The lowest BCUT2D eigenvalue weighted by molar-refractivity contribution is -0.126. The summed E-state index contributed by atoms with van der Waals surface area (Å²) in [5.41, 5.74) is -0.848. The first-order valence-electron chi connectivity index (χ1n) is 9.94. The molecule has 148 valence electrons. The van der Waals surface area contributed by atoms with Gasteiger partial charge in [0.25, 0.3) is 5.91 Å². The maximum atomic E-state index is 12.8. The molecule has 0 bridgehead atoms. The van der Waals surface area contributed by atoms with E-state index in [2.05, 4.69) is 19.1 Å². The van der Waals surface area contributed by atoms with Gasteiger partial charge in [-0.3, -0.25) is 9.59 Å². The van der Waals surface area contributed by atoms with Crippen LogP contribution >= 0.6 is 0 Å². The van der Waals surface area contributed by atoms with Gasteiger partial charge >= 0.3 is 0 Å². The number of aliphatic hydroxyl groups excluding tert-OH is 2. The Balaban J connectivity index is 2.14. The number of carbonyl (C=O) groups excluding carboxylic acids is 2. The van der Waals surface area contributed by atoms with Crippen molar-refractivity contribution in [2.45, 2.75) is 46.1 Å². The lowest BCUT2D eigenvalue weighted by Gasteiger charge is -2.50. The third kappa shape index (κ3) is 2.96. The van der Waals surface area contributed by atoms with Gasteiger partial charge in [0.05, 0.1) is 6.61 Å². The summed E-state index contributed by atoms with van der Waals surface area (Å²) in [7, 11) is 1.50. The van der Waals surface area contributed by atoms with Gasteiger partial charge in [0, 0.05) is 18.4 Å². The van der Waals surface area contributed by atoms with E-state index in [1.807, 2.05) is 26.0 Å². The van der Waals surface area contributed by atoms with Crippen LogP contribution in [0.1, 0.15) is 40.0 Å². The van der Waals surface area contributed by atoms with Crippen molar-refractivity contribution in [2.75, 3.05) is 13.7 Å². The highest BCUT2D eigenvalue weighted by atomic mass is 16.3. The van der Waals surface area contributed by atoms with Gasteiger partial charge in [0.1, 0.15) is 17.4 Å². The molecule has 6 atom stereocenters. The molecule has 3 rings (SSSR count). The molecule has 3 aliphatic rings. The van der Waals surface area contributed by atoms with Gasteiger partial charge in [-0.1, -0.05) is 44.6 Å². The molecule has 0 aromatic rings. The van der Waals surface area contributed by atoms with Crippen molar-refractivity contribution in [1.82, 2.24) is 4.90 Å². The van der Waals surface area contributed by atoms with E-state index in [-0.39, 0.29) is 23.2 Å². The lowest BCUT2D eigenvalue weighted by atomic mass is 9.54. The van der Waals surface area contributed by atoms with Crippen LogP contribution < -0.4 is 0 Å². The van der Waals surface area contributed by atoms with E-state index in [1.165, 1.54) is 11.9 Å². The van der Waals surface area contributed by atoms with Crippen molar-refractivity contribution in [1.29, 1.82) is 0 Å². The normalized spacial score (nSPS) is 41.4. The molecule has 5 nitrogen and oxygen atoms in total. The summed E-state index contributed by atoms with van der Waals surface area (Å²) in [6, 6.07) is -0.903. The highest BCUT2D eigenvalue weighted by Crippen LogP contribution is 2.56. The SMILES string of the molecule is C/C=C/[C@@H]1C=C[C@@H]2C[C@H](C)CC[C@H]2[C@]1(C)/C(O)=C1/C(=O)[C@H](CO)N(C)C1=O. The topological polar surface area (TPSA) is 77.8 Å². The molecular weight excluding hydrogens is 342 g/mol. The first-order valence-corrected chi connectivity index (χ1v) is 9.94. The summed E-state index contributed by atoms with van der Waals surface area (Å²) in [6.07, 6.45) is 11.5. The van der Waals surface area contributed by atoms with Crippen LogP contribution in [0.2, 0.25) is 0 Å². The predicted molar refractivity (Wildman–Crippen MR) is 104 cm³/mol. The molecule has 1 saturated heterocycles. The third-order valence-corrected chi connectivity index (χ3v) is 7.06. The van der Waals surface area contributed by atoms with Gasteiger partial charge in [-0.15, -0.1) is 0 Å². The minimum Gasteiger partial charge on any atom is -0.511 e. The molecule has 1 amide bonds. The molecule has 0 spiro atoms. The maximum absolute atomic E-state index is 12.8. The van der Waals surface area contributed by atoms with Crippen molar-refractivity contribution in [3.05, 3.63) is 35.6 Å². The number of rotatable bonds is 3. The molecule has 2 aliphatic carbocycles. The van der Waals surface area contributed by atoms with Crippen LogP contribution in [0.25, 0.3) is 0 Å². The average Bonchev–Trinajstić information content (AvgIpc) is 2.85. The minimum absolute atomic E-state index is 0.0799. The number of fused-ring (bicyclic) bond motifs is 1. The maximum Gasteiger partial charge on any atom is 0.261 e. The van der Waals surface area contributed by atoms with Crippen molar-refractivity contribution >= 4 is 11.7 Å². The van der Waals surface area contributed by atoms with E-state index in [1.54, 1.807) is 0 Å². The Morgan fingerprint density at radius 2 is 2.04 bits per heavy atom. The number of likely N-dealkylation sites (N-methyl/N-ethyl adjacent to an activating group) is 1. The number of ketones is 1. The lowest BCUT2D eigenvalue weighted by Crippen LogP contribution is -2.45. The molecule has 2 N–H and O–H groups in total. The highest BCUT2D eigenvalue weighted by molar-refractivity contribution is 6.26. The van der Waals surface area contributed by atoms with Crippen LogP contribution in [-0.2, 0) is 9.59 Å². The Morgan fingerprint density at radius 1 is 1.33 bits per heavy atom. The van der Waals surface area contributed by atoms with E-state index >= 15 is 0 Å². The Kier molecular flexibility index (Phi) is 5.35. The molecule has 1 aliphatic heterocycles. The first kappa shape index (κ1) is 19.9. The first-order chi connectivity index (χ1) is 12.8. The third-order valence-electron chi connectivity index (χ3n) is 7.06. The largest absolute Gasteiger partial charge is 0.511 e. The number of carbonyl (C=O) groups is 2. The van der Waals surface area contributed by atoms with Crippen LogP contribution in [0.4, 0.5) is 0 Å². The number of Topliss-reactive ketones (excluding diaryl/α,β-unsaturated/α-hetero) is 1. The predicted octanol–water partition coefficient (Wildman–Crippen LogP) is 3.02. The number of nitrogens with zero attached hydrogens (tertiary/aromatic N) is 1. The fraction of sp³-hybridized carbons (Fsp3) is 0.636. The number of hydrogen-bond acceptors (Lipinski definition) is 4. The zero-order valence-corrected chi connectivity index (χ0v) is 16.7. The minimum atomic E-state index is -0.903. The molecule has 0 unspecified atom stereocenters. The van der Waals surface area contributed by atoms with Crippen molar-refractivity contribution in [2.24, 2.45) is 29.1 Å². The van der Waals surface area contributed by atoms with Crippen LogP contribution in [0.5, 0.6) is 0 Å².